The van der Waals surface area contributed by atoms with Crippen molar-refractivity contribution in [1.82, 2.24) is 10.6 Å². The molecule has 1 unspecified atom stereocenters. The number of hydrogen-bond acceptors (Lipinski definition) is 3. The fourth-order valence-electron chi connectivity index (χ4n) is 2.94. The Bertz CT molecular complexity index is 813. The summed E-state index contributed by atoms with van der Waals surface area (Å²) in [6.45, 7) is 7.92. The second kappa shape index (κ2) is 9.53. The number of rotatable bonds is 7. The smallest absolute Gasteiger partial charge is 0.243 e. The van der Waals surface area contributed by atoms with Crippen LogP contribution in [0.25, 0.3) is 0 Å². The van der Waals surface area contributed by atoms with Crippen molar-refractivity contribution in [3.8, 4) is 0 Å². The average Bonchev–Trinajstić information content (AvgIpc) is 2.60. The van der Waals surface area contributed by atoms with Crippen LogP contribution in [0.15, 0.2) is 36.4 Å². The minimum absolute atomic E-state index is 0.0267. The van der Waals surface area contributed by atoms with Crippen molar-refractivity contribution in [2.45, 2.75) is 33.7 Å². The quantitative estimate of drug-likeness (QED) is 0.678. The van der Waals surface area contributed by atoms with Gasteiger partial charge in [-0.05, 0) is 56.5 Å². The molecule has 0 spiro atoms. The molecule has 2 aromatic rings. The van der Waals surface area contributed by atoms with E-state index in [0.29, 0.717) is 5.02 Å². The number of nitrogens with one attached hydrogen (secondary N) is 3. The first-order chi connectivity index (χ1) is 12.8. The van der Waals surface area contributed by atoms with Crippen LogP contribution in [-0.4, -0.2) is 24.9 Å². The largest absolute Gasteiger partial charge is 0.346 e. The fraction of sp³-hybridized carbons (Fsp3) is 0.333. The number of carbonyl (C=O) groups excluding carboxylic acids is 2. The lowest BCUT2D eigenvalue weighted by Gasteiger charge is -2.15. The zero-order valence-electron chi connectivity index (χ0n) is 16.2. The van der Waals surface area contributed by atoms with E-state index in [1.165, 1.54) is 0 Å². The van der Waals surface area contributed by atoms with E-state index in [1.54, 1.807) is 6.07 Å². The van der Waals surface area contributed by atoms with Gasteiger partial charge in [0.1, 0.15) is 0 Å². The van der Waals surface area contributed by atoms with Crippen LogP contribution in [0.3, 0.4) is 0 Å². The Kier molecular flexibility index (Phi) is 7.39. The van der Waals surface area contributed by atoms with E-state index in [2.05, 4.69) is 16.0 Å². The highest BCUT2D eigenvalue weighted by atomic mass is 35.5. The molecule has 0 heterocycles. The van der Waals surface area contributed by atoms with Crippen LogP contribution in [0.2, 0.25) is 5.02 Å². The van der Waals surface area contributed by atoms with Gasteiger partial charge >= 0.3 is 0 Å². The fourth-order valence-corrected chi connectivity index (χ4v) is 3.14. The van der Waals surface area contributed by atoms with Gasteiger partial charge < -0.3 is 16.0 Å². The van der Waals surface area contributed by atoms with E-state index in [0.717, 1.165) is 27.9 Å². The molecule has 3 N–H and O–H groups in total. The predicted molar refractivity (Wildman–Crippen MR) is 110 cm³/mol. The van der Waals surface area contributed by atoms with E-state index >= 15 is 0 Å². The molecule has 0 radical (unpaired) electrons. The van der Waals surface area contributed by atoms with Crippen LogP contribution in [0.1, 0.15) is 35.2 Å². The SMILES string of the molecule is Cc1cc(C)c(NC(=O)CNC(=O)CNC(C)c2cccc(Cl)c2)c(C)c1. The minimum atomic E-state index is -0.249. The lowest BCUT2D eigenvalue weighted by Crippen LogP contribution is -2.39. The van der Waals surface area contributed by atoms with Crippen LogP contribution in [0.5, 0.6) is 0 Å². The Balaban J connectivity index is 1.79. The number of benzene rings is 2. The van der Waals surface area contributed by atoms with Crippen molar-refractivity contribution >= 4 is 29.1 Å². The van der Waals surface area contributed by atoms with Gasteiger partial charge in [0, 0.05) is 16.8 Å². The summed E-state index contributed by atoms with van der Waals surface area (Å²) in [5, 5.41) is 9.28. The van der Waals surface area contributed by atoms with Gasteiger partial charge in [0.05, 0.1) is 13.1 Å². The molecule has 0 aliphatic heterocycles. The molecular weight excluding hydrogens is 362 g/mol. The summed E-state index contributed by atoms with van der Waals surface area (Å²) in [7, 11) is 0. The molecule has 0 aliphatic carbocycles. The molecule has 6 heteroatoms. The number of amides is 2. The van der Waals surface area contributed by atoms with Crippen molar-refractivity contribution in [2.75, 3.05) is 18.4 Å². The molecule has 2 aromatic carbocycles. The number of halogens is 1. The number of aryl methyl sites for hydroxylation is 3. The third kappa shape index (κ3) is 6.38. The van der Waals surface area contributed by atoms with Crippen LogP contribution >= 0.6 is 11.6 Å². The van der Waals surface area contributed by atoms with Crippen molar-refractivity contribution in [2.24, 2.45) is 0 Å². The second-order valence-corrected chi connectivity index (χ2v) is 7.19. The van der Waals surface area contributed by atoms with E-state index < -0.39 is 0 Å². The molecule has 1 atom stereocenters. The highest BCUT2D eigenvalue weighted by molar-refractivity contribution is 6.30. The Labute approximate surface area is 165 Å². The van der Waals surface area contributed by atoms with Crippen molar-refractivity contribution in [1.29, 1.82) is 0 Å². The maximum absolute atomic E-state index is 12.1. The van der Waals surface area contributed by atoms with E-state index in [4.69, 9.17) is 11.6 Å². The lowest BCUT2D eigenvalue weighted by atomic mass is 10.1. The maximum Gasteiger partial charge on any atom is 0.243 e. The summed E-state index contributed by atoms with van der Waals surface area (Å²) in [5.74, 6) is -0.488. The highest BCUT2D eigenvalue weighted by Crippen LogP contribution is 2.21. The van der Waals surface area contributed by atoms with Crippen molar-refractivity contribution in [3.63, 3.8) is 0 Å². The molecule has 0 saturated heterocycles. The van der Waals surface area contributed by atoms with Crippen molar-refractivity contribution in [3.05, 3.63) is 63.7 Å². The summed E-state index contributed by atoms with van der Waals surface area (Å²) in [4.78, 5) is 24.1. The maximum atomic E-state index is 12.1. The normalized spacial score (nSPS) is 11.7. The minimum Gasteiger partial charge on any atom is -0.346 e. The molecule has 2 amide bonds. The van der Waals surface area contributed by atoms with Crippen LogP contribution in [0.4, 0.5) is 5.69 Å². The molecule has 27 heavy (non-hydrogen) atoms. The molecule has 5 nitrogen and oxygen atoms in total. The summed E-state index contributed by atoms with van der Waals surface area (Å²) >= 11 is 5.98. The van der Waals surface area contributed by atoms with E-state index in [1.807, 2.05) is 58.0 Å². The first-order valence-corrected chi connectivity index (χ1v) is 9.27. The lowest BCUT2D eigenvalue weighted by molar-refractivity contribution is -0.123. The van der Waals surface area contributed by atoms with Gasteiger partial charge in [0.25, 0.3) is 0 Å². The topological polar surface area (TPSA) is 70.2 Å². The number of hydrogen-bond donors (Lipinski definition) is 3. The summed E-state index contributed by atoms with van der Waals surface area (Å²) in [6.07, 6.45) is 0. The Morgan fingerprint density at radius 1 is 1.00 bits per heavy atom. The highest BCUT2D eigenvalue weighted by Gasteiger charge is 2.11. The molecular formula is C21H26ClN3O2. The monoisotopic (exact) mass is 387 g/mol. The van der Waals surface area contributed by atoms with Crippen LogP contribution in [-0.2, 0) is 9.59 Å². The van der Waals surface area contributed by atoms with Gasteiger partial charge in [0.15, 0.2) is 0 Å². The van der Waals surface area contributed by atoms with Gasteiger partial charge in [-0.1, -0.05) is 41.4 Å². The van der Waals surface area contributed by atoms with Gasteiger partial charge in [-0.15, -0.1) is 0 Å². The zero-order valence-corrected chi connectivity index (χ0v) is 16.9. The van der Waals surface area contributed by atoms with Gasteiger partial charge in [-0.3, -0.25) is 9.59 Å². The van der Waals surface area contributed by atoms with E-state index in [9.17, 15) is 9.59 Å². The first kappa shape index (κ1) is 20.9. The average molecular weight is 388 g/mol. The van der Waals surface area contributed by atoms with Crippen LogP contribution < -0.4 is 16.0 Å². The zero-order chi connectivity index (χ0) is 20.0. The Hall–Kier alpha value is -2.37. The summed E-state index contributed by atoms with van der Waals surface area (Å²) in [6, 6.07) is 11.5. The second-order valence-electron chi connectivity index (χ2n) is 6.76. The van der Waals surface area contributed by atoms with E-state index in [-0.39, 0.29) is 30.9 Å². The molecule has 2 rings (SSSR count). The molecule has 0 fully saturated rings. The van der Waals surface area contributed by atoms with Gasteiger partial charge in [-0.2, -0.15) is 0 Å². The molecule has 0 aliphatic rings. The summed E-state index contributed by atoms with van der Waals surface area (Å²) in [5.41, 5.74) is 4.95. The Morgan fingerprint density at radius 2 is 1.67 bits per heavy atom. The number of anilines is 1. The van der Waals surface area contributed by atoms with Gasteiger partial charge in [-0.25, -0.2) is 0 Å². The Morgan fingerprint density at radius 3 is 2.30 bits per heavy atom. The molecule has 0 bridgehead atoms. The molecule has 144 valence electrons. The summed E-state index contributed by atoms with van der Waals surface area (Å²) < 4.78 is 0. The number of carbonyl (C=O) groups is 2. The molecule has 0 saturated carbocycles. The standard InChI is InChI=1S/C21H26ClN3O2/c1-13-8-14(2)21(15(3)9-13)25-20(27)12-24-19(26)11-23-16(4)17-6-5-7-18(22)10-17/h5-10,16,23H,11-12H2,1-4H3,(H,24,26)(H,25,27). The third-order valence-electron chi connectivity index (χ3n) is 4.31. The van der Waals surface area contributed by atoms with Gasteiger partial charge in [0.2, 0.25) is 11.8 Å². The third-order valence-corrected chi connectivity index (χ3v) is 4.54. The van der Waals surface area contributed by atoms with Crippen molar-refractivity contribution < 1.29 is 9.59 Å². The first-order valence-electron chi connectivity index (χ1n) is 8.89. The van der Waals surface area contributed by atoms with Crippen LogP contribution in [0, 0.1) is 20.8 Å². The predicted octanol–water partition coefficient (Wildman–Crippen LogP) is 3.67. The molecule has 0 aromatic heterocycles.